The highest BCUT2D eigenvalue weighted by Crippen LogP contribution is 2.39. The minimum atomic E-state index is -0.237. The van der Waals surface area contributed by atoms with Crippen molar-refractivity contribution in [2.75, 3.05) is 6.54 Å². The molecule has 0 radical (unpaired) electrons. The Kier molecular flexibility index (Phi) is 3.53. The van der Waals surface area contributed by atoms with Crippen molar-refractivity contribution in [3.8, 4) is 0 Å². The molecule has 2 saturated carbocycles. The molecular weight excluding hydrogens is 238 g/mol. The van der Waals surface area contributed by atoms with Crippen LogP contribution >= 0.6 is 0 Å². The van der Waals surface area contributed by atoms with Crippen LogP contribution in [0, 0.1) is 5.92 Å². The highest BCUT2D eigenvalue weighted by atomic mass is 16.2. The van der Waals surface area contributed by atoms with Crippen molar-refractivity contribution in [1.82, 2.24) is 10.3 Å². The zero-order valence-electron chi connectivity index (χ0n) is 11.1. The highest BCUT2D eigenvalue weighted by molar-refractivity contribution is 5.82. The molecule has 0 aliphatic heterocycles. The number of hydrazine groups is 1. The predicted octanol–water partition coefficient (Wildman–Crippen LogP) is 1.59. The molecule has 0 aromatic heterocycles. The van der Waals surface area contributed by atoms with Gasteiger partial charge in [0.1, 0.15) is 6.04 Å². The van der Waals surface area contributed by atoms with Gasteiger partial charge in [0.05, 0.1) is 0 Å². The highest BCUT2D eigenvalue weighted by Gasteiger charge is 2.40. The lowest BCUT2D eigenvalue weighted by Crippen LogP contribution is -2.45. The number of amides is 1. The third-order valence-electron chi connectivity index (χ3n) is 4.02. The number of nitrogens with two attached hydrogens (primary N) is 1. The van der Waals surface area contributed by atoms with Gasteiger partial charge >= 0.3 is 0 Å². The molecule has 2 aliphatic rings. The van der Waals surface area contributed by atoms with E-state index < -0.39 is 0 Å². The van der Waals surface area contributed by atoms with Crippen LogP contribution < -0.4 is 11.3 Å². The molecule has 1 aromatic carbocycles. The van der Waals surface area contributed by atoms with Gasteiger partial charge in [0.25, 0.3) is 5.91 Å². The summed E-state index contributed by atoms with van der Waals surface area (Å²) in [6.45, 7) is 1.03. The van der Waals surface area contributed by atoms with Crippen LogP contribution in [0.4, 0.5) is 0 Å². The Morgan fingerprint density at radius 3 is 2.47 bits per heavy atom. The molecule has 1 atom stereocenters. The van der Waals surface area contributed by atoms with Crippen molar-refractivity contribution in [2.45, 2.75) is 37.8 Å². The van der Waals surface area contributed by atoms with Gasteiger partial charge in [-0.3, -0.25) is 15.1 Å². The summed E-state index contributed by atoms with van der Waals surface area (Å²) in [6.07, 6.45) is 5.01. The molecule has 0 heterocycles. The monoisotopic (exact) mass is 259 g/mol. The molecule has 3 N–H and O–H groups in total. The molecule has 1 amide bonds. The maximum Gasteiger partial charge on any atom is 0.255 e. The van der Waals surface area contributed by atoms with Crippen molar-refractivity contribution in [1.29, 1.82) is 0 Å². The second-order valence-electron chi connectivity index (χ2n) is 5.69. The smallest absolute Gasteiger partial charge is 0.255 e. The predicted molar refractivity (Wildman–Crippen MR) is 74.0 cm³/mol. The van der Waals surface area contributed by atoms with Gasteiger partial charge in [-0.1, -0.05) is 30.3 Å². The number of nitrogens with one attached hydrogen (secondary N) is 1. The van der Waals surface area contributed by atoms with Crippen LogP contribution in [0.25, 0.3) is 0 Å². The summed E-state index contributed by atoms with van der Waals surface area (Å²) >= 11 is 0. The first-order valence-corrected chi connectivity index (χ1v) is 7.10. The molecule has 0 spiro atoms. The summed E-state index contributed by atoms with van der Waals surface area (Å²) in [6, 6.07) is 10.3. The quantitative estimate of drug-likeness (QED) is 0.463. The zero-order chi connectivity index (χ0) is 13.2. The number of hydrogen-bond acceptors (Lipinski definition) is 3. The zero-order valence-corrected chi connectivity index (χ0v) is 11.1. The van der Waals surface area contributed by atoms with Crippen LogP contribution in [0.1, 0.15) is 37.3 Å². The van der Waals surface area contributed by atoms with Crippen molar-refractivity contribution >= 4 is 5.91 Å². The fourth-order valence-corrected chi connectivity index (χ4v) is 2.68. The number of hydrogen-bond donors (Lipinski definition) is 2. The van der Waals surface area contributed by atoms with Gasteiger partial charge in [0, 0.05) is 12.6 Å². The molecule has 2 aliphatic carbocycles. The van der Waals surface area contributed by atoms with Gasteiger partial charge in [-0.25, -0.2) is 5.84 Å². The maximum atomic E-state index is 12.2. The first kappa shape index (κ1) is 12.6. The SMILES string of the molecule is NNC(=O)C(c1ccccc1)N(CC1CC1)C1CC1. The number of benzene rings is 1. The van der Waals surface area contributed by atoms with Gasteiger partial charge in [-0.05, 0) is 37.2 Å². The fraction of sp³-hybridized carbons (Fsp3) is 0.533. The molecule has 102 valence electrons. The van der Waals surface area contributed by atoms with Crippen LogP contribution in [0.15, 0.2) is 30.3 Å². The second-order valence-corrected chi connectivity index (χ2v) is 5.69. The van der Waals surface area contributed by atoms with Crippen molar-refractivity contribution in [3.63, 3.8) is 0 Å². The molecule has 0 bridgehead atoms. The van der Waals surface area contributed by atoms with Gasteiger partial charge in [-0.2, -0.15) is 0 Å². The molecule has 4 nitrogen and oxygen atoms in total. The van der Waals surface area contributed by atoms with Crippen molar-refractivity contribution in [3.05, 3.63) is 35.9 Å². The summed E-state index contributed by atoms with van der Waals surface area (Å²) < 4.78 is 0. The van der Waals surface area contributed by atoms with Gasteiger partial charge in [0.2, 0.25) is 0 Å². The molecule has 2 fully saturated rings. The Bertz CT molecular complexity index is 440. The molecule has 1 unspecified atom stereocenters. The van der Waals surface area contributed by atoms with E-state index in [9.17, 15) is 4.79 Å². The Morgan fingerprint density at radius 2 is 1.95 bits per heavy atom. The second kappa shape index (κ2) is 5.31. The summed E-state index contributed by atoms with van der Waals surface area (Å²) in [7, 11) is 0. The lowest BCUT2D eigenvalue weighted by Gasteiger charge is -2.30. The first-order chi connectivity index (χ1) is 9.29. The molecule has 0 saturated heterocycles. The lowest BCUT2D eigenvalue weighted by atomic mass is 10.0. The largest absolute Gasteiger partial charge is 0.293 e. The van der Waals surface area contributed by atoms with E-state index in [1.807, 2.05) is 30.3 Å². The van der Waals surface area contributed by atoms with E-state index >= 15 is 0 Å². The van der Waals surface area contributed by atoms with E-state index in [1.54, 1.807) is 0 Å². The molecule has 4 heteroatoms. The van der Waals surface area contributed by atoms with Gasteiger partial charge < -0.3 is 0 Å². The molecule has 19 heavy (non-hydrogen) atoms. The van der Waals surface area contributed by atoms with Crippen molar-refractivity contribution in [2.24, 2.45) is 11.8 Å². The minimum Gasteiger partial charge on any atom is -0.293 e. The van der Waals surface area contributed by atoms with E-state index in [0.717, 1.165) is 18.0 Å². The molecular formula is C15H21N3O. The number of carbonyl (C=O) groups excluding carboxylic acids is 1. The number of carbonyl (C=O) groups is 1. The van der Waals surface area contributed by atoms with Crippen LogP contribution in [-0.4, -0.2) is 23.4 Å². The summed E-state index contributed by atoms with van der Waals surface area (Å²) in [5.74, 6) is 6.07. The third kappa shape index (κ3) is 2.96. The standard InChI is InChI=1S/C15H21N3O/c16-17-15(19)14(12-4-2-1-3-5-12)18(13-8-9-13)10-11-6-7-11/h1-5,11,13-14H,6-10,16H2,(H,17,19). The summed E-state index contributed by atoms with van der Waals surface area (Å²) in [5.41, 5.74) is 3.38. The number of rotatable bonds is 6. The Hall–Kier alpha value is -1.39. The van der Waals surface area contributed by atoms with Gasteiger partial charge in [-0.15, -0.1) is 0 Å². The van der Waals surface area contributed by atoms with Crippen LogP contribution in [-0.2, 0) is 4.79 Å². The molecule has 1 aromatic rings. The third-order valence-corrected chi connectivity index (χ3v) is 4.02. The minimum absolute atomic E-state index is 0.0984. The van der Waals surface area contributed by atoms with E-state index in [0.29, 0.717) is 6.04 Å². The Morgan fingerprint density at radius 1 is 1.26 bits per heavy atom. The van der Waals surface area contributed by atoms with E-state index in [2.05, 4.69) is 10.3 Å². The van der Waals surface area contributed by atoms with Gasteiger partial charge in [0.15, 0.2) is 0 Å². The van der Waals surface area contributed by atoms with Crippen LogP contribution in [0.5, 0.6) is 0 Å². The first-order valence-electron chi connectivity index (χ1n) is 7.10. The lowest BCUT2D eigenvalue weighted by molar-refractivity contribution is -0.127. The van der Waals surface area contributed by atoms with E-state index in [4.69, 9.17) is 5.84 Å². The van der Waals surface area contributed by atoms with E-state index in [1.165, 1.54) is 25.7 Å². The number of nitrogens with zero attached hydrogens (tertiary/aromatic N) is 1. The fourth-order valence-electron chi connectivity index (χ4n) is 2.68. The average molecular weight is 259 g/mol. The summed E-state index contributed by atoms with van der Waals surface area (Å²) in [5, 5.41) is 0. The average Bonchev–Trinajstić information content (AvgIpc) is 3.31. The topological polar surface area (TPSA) is 58.4 Å². The Balaban J connectivity index is 1.85. The summed E-state index contributed by atoms with van der Waals surface area (Å²) in [4.78, 5) is 14.6. The van der Waals surface area contributed by atoms with E-state index in [-0.39, 0.29) is 11.9 Å². The Labute approximate surface area is 113 Å². The maximum absolute atomic E-state index is 12.2. The van der Waals surface area contributed by atoms with Crippen LogP contribution in [0.3, 0.4) is 0 Å². The van der Waals surface area contributed by atoms with Crippen molar-refractivity contribution < 1.29 is 4.79 Å². The van der Waals surface area contributed by atoms with Crippen LogP contribution in [0.2, 0.25) is 0 Å². The molecule has 3 rings (SSSR count). The normalized spacial score (nSPS) is 20.3.